The molecule has 1 N–H and O–H groups in total. The van der Waals surface area contributed by atoms with Crippen LogP contribution in [0, 0.1) is 0 Å². The SMILES string of the molecule is CCCS(=O)(=O)CC(=O)N1CCOC(C(=O)O)C1. The third-order valence-electron chi connectivity index (χ3n) is 2.55. The van der Waals surface area contributed by atoms with Crippen molar-refractivity contribution in [2.75, 3.05) is 31.2 Å². The van der Waals surface area contributed by atoms with Crippen molar-refractivity contribution in [3.8, 4) is 0 Å². The minimum atomic E-state index is -3.40. The predicted molar refractivity (Wildman–Crippen MR) is 62.9 cm³/mol. The van der Waals surface area contributed by atoms with Gasteiger partial charge in [0.15, 0.2) is 15.9 Å². The van der Waals surface area contributed by atoms with Crippen molar-refractivity contribution in [1.82, 2.24) is 4.90 Å². The molecule has 0 bridgehead atoms. The summed E-state index contributed by atoms with van der Waals surface area (Å²) >= 11 is 0. The summed E-state index contributed by atoms with van der Waals surface area (Å²) in [7, 11) is -3.40. The van der Waals surface area contributed by atoms with Crippen molar-refractivity contribution in [3.05, 3.63) is 0 Å². The highest BCUT2D eigenvalue weighted by molar-refractivity contribution is 7.92. The van der Waals surface area contributed by atoms with Gasteiger partial charge in [-0.05, 0) is 6.42 Å². The van der Waals surface area contributed by atoms with Gasteiger partial charge in [-0.1, -0.05) is 6.92 Å². The molecule has 0 aromatic rings. The minimum absolute atomic E-state index is 0.0363. The van der Waals surface area contributed by atoms with Gasteiger partial charge in [0.05, 0.1) is 18.9 Å². The van der Waals surface area contributed by atoms with Gasteiger partial charge >= 0.3 is 5.97 Å². The summed E-state index contributed by atoms with van der Waals surface area (Å²) < 4.78 is 28.0. The fraction of sp³-hybridized carbons (Fsp3) is 0.800. The Morgan fingerprint density at radius 3 is 2.67 bits per heavy atom. The summed E-state index contributed by atoms with van der Waals surface area (Å²) in [6, 6.07) is 0. The first kappa shape index (κ1) is 14.9. The second-order valence-electron chi connectivity index (χ2n) is 4.13. The molecule has 0 aromatic heterocycles. The van der Waals surface area contributed by atoms with Gasteiger partial charge in [-0.3, -0.25) is 4.79 Å². The van der Waals surface area contributed by atoms with Crippen molar-refractivity contribution >= 4 is 21.7 Å². The molecule has 0 aromatic carbocycles. The highest BCUT2D eigenvalue weighted by Crippen LogP contribution is 2.07. The van der Waals surface area contributed by atoms with Gasteiger partial charge in [-0.2, -0.15) is 0 Å². The van der Waals surface area contributed by atoms with Crippen molar-refractivity contribution in [1.29, 1.82) is 0 Å². The van der Waals surface area contributed by atoms with Crippen LogP contribution in [0.1, 0.15) is 13.3 Å². The highest BCUT2D eigenvalue weighted by atomic mass is 32.2. The number of morpholine rings is 1. The van der Waals surface area contributed by atoms with Crippen LogP contribution in [0.5, 0.6) is 0 Å². The number of rotatable bonds is 5. The molecule has 1 heterocycles. The average Bonchev–Trinajstić information content (AvgIpc) is 2.28. The fourth-order valence-electron chi connectivity index (χ4n) is 1.69. The zero-order chi connectivity index (χ0) is 13.8. The molecule has 7 nitrogen and oxygen atoms in total. The van der Waals surface area contributed by atoms with Gasteiger partial charge in [-0.25, -0.2) is 13.2 Å². The van der Waals surface area contributed by atoms with Gasteiger partial charge in [-0.15, -0.1) is 0 Å². The second kappa shape index (κ2) is 6.14. The van der Waals surface area contributed by atoms with Gasteiger partial charge in [0.25, 0.3) is 0 Å². The Labute approximate surface area is 106 Å². The number of sulfone groups is 1. The van der Waals surface area contributed by atoms with Crippen LogP contribution in [-0.4, -0.2) is 67.6 Å². The summed E-state index contributed by atoms with van der Waals surface area (Å²) in [4.78, 5) is 23.7. The van der Waals surface area contributed by atoms with Crippen LogP contribution in [-0.2, 0) is 24.2 Å². The smallest absolute Gasteiger partial charge is 0.334 e. The topological polar surface area (TPSA) is 101 Å². The largest absolute Gasteiger partial charge is 0.479 e. The Bertz CT molecular complexity index is 418. The number of ether oxygens (including phenoxy) is 1. The van der Waals surface area contributed by atoms with E-state index in [9.17, 15) is 18.0 Å². The predicted octanol–water partition coefficient (Wildman–Crippen LogP) is -0.877. The zero-order valence-corrected chi connectivity index (χ0v) is 11.0. The molecular formula is C10H17NO6S. The van der Waals surface area contributed by atoms with E-state index in [2.05, 4.69) is 0 Å². The molecule has 8 heteroatoms. The number of carbonyl (C=O) groups is 2. The molecule has 0 radical (unpaired) electrons. The van der Waals surface area contributed by atoms with Gasteiger partial charge in [0.2, 0.25) is 5.91 Å². The van der Waals surface area contributed by atoms with Crippen LogP contribution in [0.15, 0.2) is 0 Å². The fourth-order valence-corrected chi connectivity index (χ4v) is 3.01. The van der Waals surface area contributed by atoms with Crippen LogP contribution >= 0.6 is 0 Å². The zero-order valence-electron chi connectivity index (χ0n) is 10.2. The van der Waals surface area contributed by atoms with Crippen molar-refractivity contribution in [2.24, 2.45) is 0 Å². The first-order valence-electron chi connectivity index (χ1n) is 5.68. The quantitative estimate of drug-likeness (QED) is 0.701. The Hall–Kier alpha value is -1.15. The van der Waals surface area contributed by atoms with Crippen LogP contribution < -0.4 is 0 Å². The minimum Gasteiger partial charge on any atom is -0.479 e. The summed E-state index contributed by atoms with van der Waals surface area (Å²) in [6.07, 6.45) is -0.618. The highest BCUT2D eigenvalue weighted by Gasteiger charge is 2.30. The molecule has 1 atom stereocenters. The maximum absolute atomic E-state index is 11.8. The standard InChI is InChI=1S/C10H17NO6S/c1-2-5-18(15,16)7-9(12)11-3-4-17-8(6-11)10(13)14/h8H,2-7H2,1H3,(H,13,14). The Morgan fingerprint density at radius 2 is 2.11 bits per heavy atom. The Balaban J connectivity index is 2.59. The summed E-state index contributed by atoms with van der Waals surface area (Å²) in [5.41, 5.74) is 0. The van der Waals surface area contributed by atoms with Gasteiger partial charge < -0.3 is 14.7 Å². The molecule has 1 fully saturated rings. The van der Waals surface area contributed by atoms with E-state index >= 15 is 0 Å². The van der Waals surface area contributed by atoms with E-state index < -0.39 is 33.6 Å². The lowest BCUT2D eigenvalue weighted by atomic mass is 10.3. The number of amides is 1. The number of carboxylic acid groups (broad SMARTS) is 1. The van der Waals surface area contributed by atoms with E-state index in [1.165, 1.54) is 4.90 Å². The molecule has 104 valence electrons. The maximum Gasteiger partial charge on any atom is 0.334 e. The lowest BCUT2D eigenvalue weighted by Crippen LogP contribution is -2.50. The van der Waals surface area contributed by atoms with Crippen LogP contribution in [0.3, 0.4) is 0 Å². The third kappa shape index (κ3) is 4.26. The summed E-state index contributed by atoms with van der Waals surface area (Å²) in [5, 5.41) is 8.77. The van der Waals surface area contributed by atoms with Crippen molar-refractivity contribution < 1.29 is 27.9 Å². The molecule has 0 spiro atoms. The van der Waals surface area contributed by atoms with E-state index in [0.717, 1.165) is 0 Å². The molecule has 1 rings (SSSR count). The lowest BCUT2D eigenvalue weighted by Gasteiger charge is -2.30. The third-order valence-corrected chi connectivity index (χ3v) is 4.27. The lowest BCUT2D eigenvalue weighted by molar-refractivity contribution is -0.158. The van der Waals surface area contributed by atoms with Crippen LogP contribution in [0.2, 0.25) is 0 Å². The Morgan fingerprint density at radius 1 is 1.44 bits per heavy atom. The monoisotopic (exact) mass is 279 g/mol. The molecule has 0 aliphatic carbocycles. The van der Waals surface area contributed by atoms with Gasteiger partial charge in [0, 0.05) is 6.54 Å². The molecule has 1 aliphatic heterocycles. The van der Waals surface area contributed by atoms with E-state index in [1.54, 1.807) is 6.92 Å². The van der Waals surface area contributed by atoms with E-state index in [0.29, 0.717) is 6.42 Å². The van der Waals surface area contributed by atoms with E-state index in [-0.39, 0.29) is 25.4 Å². The number of aliphatic carboxylic acids is 1. The molecule has 1 aliphatic rings. The summed E-state index contributed by atoms with van der Waals surface area (Å²) in [5.74, 6) is -2.31. The average molecular weight is 279 g/mol. The number of hydrogen-bond acceptors (Lipinski definition) is 5. The van der Waals surface area contributed by atoms with E-state index in [4.69, 9.17) is 9.84 Å². The van der Waals surface area contributed by atoms with Gasteiger partial charge in [0.1, 0.15) is 5.75 Å². The van der Waals surface area contributed by atoms with Crippen molar-refractivity contribution in [3.63, 3.8) is 0 Å². The first-order chi connectivity index (χ1) is 8.35. The molecule has 1 unspecified atom stereocenters. The number of nitrogens with zero attached hydrogens (tertiary/aromatic N) is 1. The molecule has 0 saturated carbocycles. The molecular weight excluding hydrogens is 262 g/mol. The first-order valence-corrected chi connectivity index (χ1v) is 7.50. The number of carbonyl (C=O) groups excluding carboxylic acids is 1. The van der Waals surface area contributed by atoms with E-state index in [1.807, 2.05) is 0 Å². The van der Waals surface area contributed by atoms with Crippen LogP contribution in [0.25, 0.3) is 0 Å². The number of hydrogen-bond donors (Lipinski definition) is 1. The maximum atomic E-state index is 11.8. The normalized spacial score (nSPS) is 20.7. The molecule has 1 saturated heterocycles. The molecule has 18 heavy (non-hydrogen) atoms. The van der Waals surface area contributed by atoms with Crippen molar-refractivity contribution in [2.45, 2.75) is 19.4 Å². The van der Waals surface area contributed by atoms with Crippen LogP contribution in [0.4, 0.5) is 0 Å². The second-order valence-corrected chi connectivity index (χ2v) is 6.31. The molecule has 1 amide bonds. The summed E-state index contributed by atoms with van der Waals surface area (Å²) in [6.45, 7) is 1.95. The Kier molecular flexibility index (Phi) is 5.09. The number of carboxylic acids is 1.